The summed E-state index contributed by atoms with van der Waals surface area (Å²) < 4.78 is 0. The minimum absolute atomic E-state index is 0.287. The second-order valence-electron chi connectivity index (χ2n) is 5.68. The van der Waals surface area contributed by atoms with Crippen LogP contribution in [0.3, 0.4) is 0 Å². The normalized spacial score (nSPS) is 10.1. The lowest BCUT2D eigenvalue weighted by Gasteiger charge is -2.02. The summed E-state index contributed by atoms with van der Waals surface area (Å²) in [5.41, 5.74) is 4.81. The smallest absolute Gasteiger partial charge is 0.303 e. The van der Waals surface area contributed by atoms with Gasteiger partial charge in [0.25, 0.3) is 0 Å². The Balaban J connectivity index is 0. The molecule has 0 fully saturated rings. The predicted octanol–water partition coefficient (Wildman–Crippen LogP) is 3.03. The monoisotopic (exact) mass is 302 g/mol. The van der Waals surface area contributed by atoms with Crippen molar-refractivity contribution < 1.29 is 14.7 Å². The average molecular weight is 302 g/mol. The highest BCUT2D eigenvalue weighted by molar-refractivity contribution is 5.75. The van der Waals surface area contributed by atoms with Gasteiger partial charge in [0, 0.05) is 6.42 Å². The lowest BCUT2D eigenvalue weighted by molar-refractivity contribution is -0.137. The third kappa shape index (κ3) is 27.9. The highest BCUT2D eigenvalue weighted by Gasteiger charge is 1.96. The van der Waals surface area contributed by atoms with Gasteiger partial charge in [0.05, 0.1) is 6.54 Å². The number of carboxylic acids is 1. The number of carbonyl (C=O) groups is 2. The molecule has 0 aromatic carbocycles. The van der Waals surface area contributed by atoms with Crippen LogP contribution in [0.15, 0.2) is 0 Å². The number of nitrogens with two attached hydrogens (primary N) is 1. The quantitative estimate of drug-likeness (QED) is 0.543. The molecule has 0 radical (unpaired) electrons. The van der Waals surface area contributed by atoms with Crippen LogP contribution in [0.1, 0.15) is 71.1 Å². The van der Waals surface area contributed by atoms with E-state index in [2.05, 4.69) is 6.92 Å². The van der Waals surface area contributed by atoms with Crippen molar-refractivity contribution in [2.75, 3.05) is 20.6 Å². The number of aliphatic carboxylic acids is 1. The SMILES string of the molecule is CCCCCCCCCCCC(=O)O.CN(C)CC(N)=O. The molecule has 0 atom stereocenters. The Bertz CT molecular complexity index is 256. The zero-order chi connectivity index (χ0) is 16.5. The topological polar surface area (TPSA) is 83.6 Å². The maximum Gasteiger partial charge on any atom is 0.303 e. The molecular formula is C16H34N2O3. The molecule has 0 aromatic heterocycles. The van der Waals surface area contributed by atoms with E-state index < -0.39 is 5.97 Å². The fourth-order valence-electron chi connectivity index (χ4n) is 1.90. The standard InChI is InChI=1S/C12H24O2.C4H10N2O/c1-2-3-4-5-6-7-8-9-10-11-12(13)14;1-6(2)3-4(5)7/h2-11H2,1H3,(H,13,14);3H2,1-2H3,(H2,5,7). The Labute approximate surface area is 129 Å². The number of hydrogen-bond acceptors (Lipinski definition) is 3. The molecule has 0 spiro atoms. The van der Waals surface area contributed by atoms with Gasteiger partial charge in [0.1, 0.15) is 0 Å². The van der Waals surface area contributed by atoms with E-state index in [0.29, 0.717) is 13.0 Å². The van der Waals surface area contributed by atoms with Crippen molar-refractivity contribution in [2.24, 2.45) is 5.73 Å². The van der Waals surface area contributed by atoms with E-state index in [-0.39, 0.29) is 5.91 Å². The lowest BCUT2D eigenvalue weighted by atomic mass is 10.1. The number of carboxylic acid groups (broad SMARTS) is 1. The van der Waals surface area contributed by atoms with E-state index in [0.717, 1.165) is 12.8 Å². The summed E-state index contributed by atoms with van der Waals surface area (Å²) in [5, 5.41) is 8.41. The Morgan fingerprint density at radius 1 is 0.905 bits per heavy atom. The maximum atomic E-state index is 10.2. The van der Waals surface area contributed by atoms with Crippen LogP contribution in [0.2, 0.25) is 0 Å². The first kappa shape index (κ1) is 22.2. The molecule has 0 saturated carbocycles. The molecule has 0 aliphatic heterocycles. The molecule has 0 aliphatic carbocycles. The van der Waals surface area contributed by atoms with Gasteiger partial charge in [0.2, 0.25) is 5.91 Å². The fourth-order valence-corrected chi connectivity index (χ4v) is 1.90. The van der Waals surface area contributed by atoms with E-state index >= 15 is 0 Å². The van der Waals surface area contributed by atoms with Crippen LogP contribution in [0, 0.1) is 0 Å². The molecule has 0 unspecified atom stereocenters. The van der Waals surface area contributed by atoms with Gasteiger partial charge in [-0.1, -0.05) is 58.3 Å². The summed E-state index contributed by atoms with van der Waals surface area (Å²) in [5.74, 6) is -0.946. The summed E-state index contributed by atoms with van der Waals surface area (Å²) in [6.45, 7) is 2.56. The van der Waals surface area contributed by atoms with Crippen LogP contribution in [0.5, 0.6) is 0 Å². The van der Waals surface area contributed by atoms with Crippen LogP contribution in [-0.2, 0) is 9.59 Å². The minimum Gasteiger partial charge on any atom is -0.481 e. The van der Waals surface area contributed by atoms with Crippen molar-refractivity contribution in [2.45, 2.75) is 71.1 Å². The van der Waals surface area contributed by atoms with Gasteiger partial charge < -0.3 is 15.7 Å². The van der Waals surface area contributed by atoms with Crippen LogP contribution < -0.4 is 5.73 Å². The van der Waals surface area contributed by atoms with Crippen LogP contribution in [0.4, 0.5) is 0 Å². The van der Waals surface area contributed by atoms with Crippen molar-refractivity contribution in [1.29, 1.82) is 0 Å². The van der Waals surface area contributed by atoms with E-state index in [1.54, 1.807) is 19.0 Å². The Kier molecular flexibility index (Phi) is 17.9. The van der Waals surface area contributed by atoms with Gasteiger partial charge in [-0.15, -0.1) is 0 Å². The molecule has 0 heterocycles. The van der Waals surface area contributed by atoms with Crippen molar-refractivity contribution in [3.8, 4) is 0 Å². The van der Waals surface area contributed by atoms with Crippen molar-refractivity contribution >= 4 is 11.9 Å². The molecule has 0 aliphatic rings. The number of hydrogen-bond donors (Lipinski definition) is 2. The first-order valence-electron chi connectivity index (χ1n) is 8.05. The number of carbonyl (C=O) groups excluding carboxylic acids is 1. The molecule has 5 heteroatoms. The van der Waals surface area contributed by atoms with Gasteiger partial charge in [-0.3, -0.25) is 9.59 Å². The van der Waals surface area contributed by atoms with E-state index in [4.69, 9.17) is 10.8 Å². The summed E-state index contributed by atoms with van der Waals surface area (Å²) in [6, 6.07) is 0. The average Bonchev–Trinajstić information content (AvgIpc) is 2.35. The fraction of sp³-hybridized carbons (Fsp3) is 0.875. The largest absolute Gasteiger partial charge is 0.481 e. The second-order valence-corrected chi connectivity index (χ2v) is 5.68. The summed E-state index contributed by atoms with van der Waals surface area (Å²) in [4.78, 5) is 21.9. The highest BCUT2D eigenvalue weighted by atomic mass is 16.4. The van der Waals surface area contributed by atoms with Gasteiger partial charge in [0.15, 0.2) is 0 Å². The predicted molar refractivity (Wildman–Crippen MR) is 87.2 cm³/mol. The lowest BCUT2D eigenvalue weighted by Crippen LogP contribution is -2.27. The number of unbranched alkanes of at least 4 members (excludes halogenated alkanes) is 8. The molecule has 21 heavy (non-hydrogen) atoms. The Hall–Kier alpha value is -1.10. The minimum atomic E-state index is -0.659. The van der Waals surface area contributed by atoms with Gasteiger partial charge in [-0.05, 0) is 20.5 Å². The molecule has 126 valence electrons. The summed E-state index contributed by atoms with van der Waals surface area (Å²) in [6.07, 6.45) is 11.5. The summed E-state index contributed by atoms with van der Waals surface area (Å²) >= 11 is 0. The van der Waals surface area contributed by atoms with Crippen molar-refractivity contribution in [1.82, 2.24) is 4.90 Å². The van der Waals surface area contributed by atoms with Crippen LogP contribution in [0.25, 0.3) is 0 Å². The van der Waals surface area contributed by atoms with Gasteiger partial charge in [-0.2, -0.15) is 0 Å². The molecule has 0 rings (SSSR count). The van der Waals surface area contributed by atoms with E-state index in [1.165, 1.54) is 44.9 Å². The van der Waals surface area contributed by atoms with E-state index in [9.17, 15) is 9.59 Å². The zero-order valence-electron chi connectivity index (χ0n) is 14.1. The number of likely N-dealkylation sites (N-methyl/N-ethyl adjacent to an activating group) is 1. The summed E-state index contributed by atoms with van der Waals surface area (Å²) in [7, 11) is 3.59. The Morgan fingerprint density at radius 3 is 1.62 bits per heavy atom. The third-order valence-corrected chi connectivity index (χ3v) is 2.97. The molecule has 3 N–H and O–H groups in total. The first-order chi connectivity index (χ1) is 9.90. The molecule has 1 amide bonds. The maximum absolute atomic E-state index is 10.2. The molecule has 0 bridgehead atoms. The molecule has 0 aromatic rings. The molecular weight excluding hydrogens is 268 g/mol. The molecule has 5 nitrogen and oxygen atoms in total. The van der Waals surface area contributed by atoms with Crippen LogP contribution >= 0.6 is 0 Å². The number of nitrogens with zero attached hydrogens (tertiary/aromatic N) is 1. The van der Waals surface area contributed by atoms with Crippen LogP contribution in [-0.4, -0.2) is 42.5 Å². The van der Waals surface area contributed by atoms with Crippen molar-refractivity contribution in [3.05, 3.63) is 0 Å². The first-order valence-corrected chi connectivity index (χ1v) is 8.05. The second kappa shape index (κ2) is 17.0. The Morgan fingerprint density at radius 2 is 1.33 bits per heavy atom. The van der Waals surface area contributed by atoms with Gasteiger partial charge >= 0.3 is 5.97 Å². The number of rotatable bonds is 12. The zero-order valence-corrected chi connectivity index (χ0v) is 14.1. The highest BCUT2D eigenvalue weighted by Crippen LogP contribution is 2.10. The van der Waals surface area contributed by atoms with E-state index in [1.807, 2.05) is 0 Å². The van der Waals surface area contributed by atoms with Crippen molar-refractivity contribution in [3.63, 3.8) is 0 Å². The number of amides is 1. The number of primary amides is 1. The van der Waals surface area contributed by atoms with Gasteiger partial charge in [-0.25, -0.2) is 0 Å². The molecule has 0 saturated heterocycles. The third-order valence-electron chi connectivity index (χ3n) is 2.97.